The number of carbonyl (C=O) groups is 1. The smallest absolute Gasteiger partial charge is 0.484 e. The maximum atomic E-state index is 10.7. The lowest BCUT2D eigenvalue weighted by Gasteiger charge is -2.25. The lowest BCUT2D eigenvalue weighted by molar-refractivity contribution is -0.146. The van der Waals surface area contributed by atoms with Crippen LogP contribution in [0.1, 0.15) is 20.8 Å². The fourth-order valence-electron chi connectivity index (χ4n) is 1.33. The van der Waals surface area contributed by atoms with Crippen molar-refractivity contribution in [1.82, 2.24) is 0 Å². The van der Waals surface area contributed by atoms with Gasteiger partial charge in [0.25, 0.3) is 0 Å². The van der Waals surface area contributed by atoms with Crippen molar-refractivity contribution in [3.8, 4) is 5.75 Å². The van der Waals surface area contributed by atoms with Crippen molar-refractivity contribution in [2.45, 2.75) is 26.4 Å². The largest absolute Gasteiger partial charge is 0.488 e. The summed E-state index contributed by atoms with van der Waals surface area (Å²) >= 11 is 0. The van der Waals surface area contributed by atoms with E-state index >= 15 is 0 Å². The van der Waals surface area contributed by atoms with Gasteiger partial charge >= 0.3 is 13.1 Å². The van der Waals surface area contributed by atoms with Gasteiger partial charge in [-0.05, 0) is 31.4 Å². The molecule has 0 bridgehead atoms. The Morgan fingerprint density at radius 1 is 1.28 bits per heavy atom. The van der Waals surface area contributed by atoms with E-state index < -0.39 is 12.7 Å². The number of ether oxygens (including phenoxy) is 2. The lowest BCUT2D eigenvalue weighted by Crippen LogP contribution is -2.35. The molecule has 1 rings (SSSR count). The molecule has 6 heteroatoms. The standard InChI is InChI=1S/C12H17BO5/c1-9(14)17-8-12(2,3)18-11-6-4-10(5-7-11)13(15)16/h4-7,15-16H,8H2,1-3H3. The number of rotatable bonds is 5. The average Bonchev–Trinajstić information content (AvgIpc) is 2.27. The molecule has 0 aliphatic heterocycles. The van der Waals surface area contributed by atoms with E-state index in [0.29, 0.717) is 11.2 Å². The molecule has 0 aliphatic carbocycles. The van der Waals surface area contributed by atoms with Crippen molar-refractivity contribution in [2.24, 2.45) is 0 Å². The minimum Gasteiger partial charge on any atom is -0.484 e. The highest BCUT2D eigenvalue weighted by Crippen LogP contribution is 2.17. The Bertz CT molecular complexity index is 399. The molecule has 0 unspecified atom stereocenters. The van der Waals surface area contributed by atoms with Gasteiger partial charge in [0.1, 0.15) is 18.0 Å². The molecule has 0 amide bonds. The second-order valence-corrected chi connectivity index (χ2v) is 4.58. The lowest BCUT2D eigenvalue weighted by atomic mass is 9.80. The molecular weight excluding hydrogens is 235 g/mol. The zero-order chi connectivity index (χ0) is 13.8. The number of esters is 1. The summed E-state index contributed by atoms with van der Waals surface area (Å²) < 4.78 is 10.5. The molecule has 0 atom stereocenters. The Hall–Kier alpha value is -1.53. The molecule has 0 heterocycles. The highest BCUT2D eigenvalue weighted by molar-refractivity contribution is 6.58. The third-order valence-electron chi connectivity index (χ3n) is 2.20. The summed E-state index contributed by atoms with van der Waals surface area (Å²) in [4.78, 5) is 10.7. The highest BCUT2D eigenvalue weighted by atomic mass is 16.6. The van der Waals surface area contributed by atoms with Gasteiger partial charge in [0.2, 0.25) is 0 Å². The van der Waals surface area contributed by atoms with Crippen LogP contribution in [0.15, 0.2) is 24.3 Å². The van der Waals surface area contributed by atoms with Gasteiger partial charge in [-0.2, -0.15) is 0 Å². The van der Waals surface area contributed by atoms with Crippen molar-refractivity contribution >= 4 is 18.6 Å². The van der Waals surface area contributed by atoms with Crippen LogP contribution in [0.25, 0.3) is 0 Å². The van der Waals surface area contributed by atoms with Crippen LogP contribution in [-0.2, 0) is 9.53 Å². The van der Waals surface area contributed by atoms with Crippen LogP contribution < -0.4 is 10.2 Å². The van der Waals surface area contributed by atoms with E-state index in [0.717, 1.165) is 0 Å². The first-order valence-corrected chi connectivity index (χ1v) is 5.59. The predicted molar refractivity (Wildman–Crippen MR) is 67.6 cm³/mol. The van der Waals surface area contributed by atoms with E-state index in [1.807, 2.05) is 0 Å². The van der Waals surface area contributed by atoms with Gasteiger partial charge < -0.3 is 19.5 Å². The minimum absolute atomic E-state index is 0.146. The van der Waals surface area contributed by atoms with Crippen LogP contribution in [0, 0.1) is 0 Å². The molecule has 0 saturated carbocycles. The van der Waals surface area contributed by atoms with Gasteiger partial charge in [0.05, 0.1) is 0 Å². The second kappa shape index (κ2) is 5.88. The van der Waals surface area contributed by atoms with E-state index in [1.54, 1.807) is 38.1 Å². The van der Waals surface area contributed by atoms with E-state index in [-0.39, 0.29) is 12.6 Å². The van der Waals surface area contributed by atoms with E-state index in [9.17, 15) is 4.79 Å². The Balaban J connectivity index is 2.63. The SMILES string of the molecule is CC(=O)OCC(C)(C)Oc1ccc(B(O)O)cc1. The van der Waals surface area contributed by atoms with Gasteiger partial charge in [0.15, 0.2) is 0 Å². The molecule has 2 N–H and O–H groups in total. The molecule has 0 radical (unpaired) electrons. The molecule has 0 aliphatic rings. The first-order chi connectivity index (χ1) is 8.30. The fourth-order valence-corrected chi connectivity index (χ4v) is 1.33. The van der Waals surface area contributed by atoms with Crippen molar-refractivity contribution < 1.29 is 24.3 Å². The maximum absolute atomic E-state index is 10.7. The van der Waals surface area contributed by atoms with Gasteiger partial charge in [0, 0.05) is 6.92 Å². The summed E-state index contributed by atoms with van der Waals surface area (Å²) in [6.45, 7) is 5.08. The molecule has 98 valence electrons. The Labute approximate surface area is 106 Å². The summed E-state index contributed by atoms with van der Waals surface area (Å²) in [6.07, 6.45) is 0. The van der Waals surface area contributed by atoms with Gasteiger partial charge in [-0.15, -0.1) is 0 Å². The summed E-state index contributed by atoms with van der Waals surface area (Å²) in [5, 5.41) is 17.9. The van der Waals surface area contributed by atoms with Crippen molar-refractivity contribution in [1.29, 1.82) is 0 Å². The zero-order valence-electron chi connectivity index (χ0n) is 10.7. The van der Waals surface area contributed by atoms with E-state index in [1.165, 1.54) is 6.92 Å². The van der Waals surface area contributed by atoms with E-state index in [2.05, 4.69) is 0 Å². The van der Waals surface area contributed by atoms with Crippen LogP contribution in [0.2, 0.25) is 0 Å². The van der Waals surface area contributed by atoms with Gasteiger partial charge in [-0.25, -0.2) is 0 Å². The molecule has 18 heavy (non-hydrogen) atoms. The van der Waals surface area contributed by atoms with Crippen molar-refractivity contribution in [3.05, 3.63) is 24.3 Å². The molecular formula is C12H17BO5. The second-order valence-electron chi connectivity index (χ2n) is 4.58. The number of hydrogen-bond donors (Lipinski definition) is 2. The molecule has 5 nitrogen and oxygen atoms in total. The third-order valence-corrected chi connectivity index (χ3v) is 2.20. The maximum Gasteiger partial charge on any atom is 0.488 e. The summed E-state index contributed by atoms with van der Waals surface area (Å²) in [6, 6.07) is 6.37. The van der Waals surface area contributed by atoms with Gasteiger partial charge in [-0.1, -0.05) is 12.1 Å². The summed E-state index contributed by atoms with van der Waals surface area (Å²) in [5.41, 5.74) is -0.259. The Morgan fingerprint density at radius 2 is 1.83 bits per heavy atom. The minimum atomic E-state index is -1.49. The van der Waals surface area contributed by atoms with Crippen molar-refractivity contribution in [3.63, 3.8) is 0 Å². The van der Waals surface area contributed by atoms with Crippen LogP contribution in [0.4, 0.5) is 0 Å². The normalized spacial score (nSPS) is 10.9. The number of benzene rings is 1. The molecule has 0 spiro atoms. The number of hydrogen-bond acceptors (Lipinski definition) is 5. The average molecular weight is 252 g/mol. The molecule has 1 aromatic rings. The first kappa shape index (κ1) is 14.5. The molecule has 0 aromatic heterocycles. The van der Waals surface area contributed by atoms with Crippen LogP contribution >= 0.6 is 0 Å². The van der Waals surface area contributed by atoms with Crippen LogP contribution in [0.3, 0.4) is 0 Å². The van der Waals surface area contributed by atoms with E-state index in [4.69, 9.17) is 19.5 Å². The molecule has 0 saturated heterocycles. The topological polar surface area (TPSA) is 76.0 Å². The highest BCUT2D eigenvalue weighted by Gasteiger charge is 2.22. The monoisotopic (exact) mass is 252 g/mol. The predicted octanol–water partition coefficient (Wildman–Crippen LogP) is 0.0869. The summed E-state index contributed by atoms with van der Waals surface area (Å²) in [7, 11) is -1.49. The summed E-state index contributed by atoms with van der Waals surface area (Å²) in [5.74, 6) is 0.210. The molecule has 1 aromatic carbocycles. The Kier molecular flexibility index (Phi) is 4.75. The van der Waals surface area contributed by atoms with Crippen LogP contribution in [0.5, 0.6) is 5.75 Å². The first-order valence-electron chi connectivity index (χ1n) is 5.59. The number of carbonyl (C=O) groups excluding carboxylic acids is 1. The third kappa shape index (κ3) is 4.77. The van der Waals surface area contributed by atoms with Crippen molar-refractivity contribution in [2.75, 3.05) is 6.61 Å². The quantitative estimate of drug-likeness (QED) is 0.573. The zero-order valence-corrected chi connectivity index (χ0v) is 10.7. The molecule has 0 fully saturated rings. The Morgan fingerprint density at radius 3 is 2.28 bits per heavy atom. The van der Waals surface area contributed by atoms with Crippen LogP contribution in [-0.4, -0.2) is 35.3 Å². The van der Waals surface area contributed by atoms with Gasteiger partial charge in [-0.3, -0.25) is 4.79 Å². The fraction of sp³-hybridized carbons (Fsp3) is 0.417.